The lowest BCUT2D eigenvalue weighted by Crippen LogP contribution is -2.42. The third kappa shape index (κ3) is 5.06. The molecule has 0 unspecified atom stereocenters. The van der Waals surface area contributed by atoms with Crippen molar-refractivity contribution in [3.05, 3.63) is 11.6 Å². The number of hydrogen-bond acceptors (Lipinski definition) is 3. The Bertz CT molecular complexity index is 360. The molecule has 0 amide bonds. The van der Waals surface area contributed by atoms with Gasteiger partial charge in [-0.25, -0.2) is 0 Å². The van der Waals surface area contributed by atoms with Gasteiger partial charge in [0.1, 0.15) is 0 Å². The van der Waals surface area contributed by atoms with Crippen LogP contribution in [0.4, 0.5) is 0 Å². The summed E-state index contributed by atoms with van der Waals surface area (Å²) >= 11 is 0. The standard InChI is InChI=1S/C12H25N3O2S/c1-3-9-15(10-4-2)18(16,17)14-11-12-5-7-13-8-6-12/h5,13-14H,3-4,6-11H2,1-2H3. The molecule has 0 bridgehead atoms. The Morgan fingerprint density at radius 2 is 2.00 bits per heavy atom. The van der Waals surface area contributed by atoms with Crippen molar-refractivity contribution in [2.24, 2.45) is 0 Å². The third-order valence-corrected chi connectivity index (χ3v) is 4.48. The molecule has 18 heavy (non-hydrogen) atoms. The van der Waals surface area contributed by atoms with Crippen molar-refractivity contribution in [1.82, 2.24) is 14.3 Å². The van der Waals surface area contributed by atoms with E-state index >= 15 is 0 Å². The molecule has 2 N–H and O–H groups in total. The minimum atomic E-state index is -3.32. The maximum absolute atomic E-state index is 12.1. The number of nitrogens with zero attached hydrogens (tertiary/aromatic N) is 1. The van der Waals surface area contributed by atoms with Crippen molar-refractivity contribution >= 4 is 10.2 Å². The molecule has 0 radical (unpaired) electrons. The van der Waals surface area contributed by atoms with Crippen LogP contribution in [0.1, 0.15) is 33.1 Å². The Hall–Kier alpha value is -0.430. The predicted octanol–water partition coefficient (Wildman–Crippen LogP) is 0.863. The first-order valence-corrected chi connectivity index (χ1v) is 8.17. The predicted molar refractivity (Wildman–Crippen MR) is 74.6 cm³/mol. The summed E-state index contributed by atoms with van der Waals surface area (Å²) in [5.74, 6) is 0. The first kappa shape index (κ1) is 15.6. The van der Waals surface area contributed by atoms with Gasteiger partial charge < -0.3 is 5.32 Å². The van der Waals surface area contributed by atoms with E-state index in [1.165, 1.54) is 9.88 Å². The van der Waals surface area contributed by atoms with E-state index in [1.807, 2.05) is 13.8 Å². The lowest BCUT2D eigenvalue weighted by molar-refractivity contribution is 0.403. The molecule has 5 nitrogen and oxygen atoms in total. The third-order valence-electron chi connectivity index (χ3n) is 2.93. The molecule has 0 spiro atoms. The zero-order valence-corrected chi connectivity index (χ0v) is 12.2. The number of hydrogen-bond donors (Lipinski definition) is 2. The Morgan fingerprint density at radius 1 is 1.33 bits per heavy atom. The van der Waals surface area contributed by atoms with Gasteiger partial charge in [-0.3, -0.25) is 0 Å². The summed E-state index contributed by atoms with van der Waals surface area (Å²) < 4.78 is 28.5. The second-order valence-electron chi connectivity index (χ2n) is 4.54. The molecule has 0 saturated heterocycles. The Balaban J connectivity index is 2.53. The SMILES string of the molecule is CCCN(CCC)S(=O)(=O)NCC1=CCNCC1. The Kier molecular flexibility index (Phi) is 6.85. The highest BCUT2D eigenvalue weighted by Crippen LogP contribution is 2.06. The topological polar surface area (TPSA) is 61.4 Å². The van der Waals surface area contributed by atoms with E-state index in [0.717, 1.165) is 32.4 Å². The quantitative estimate of drug-likeness (QED) is 0.646. The van der Waals surface area contributed by atoms with Gasteiger partial charge in [-0.1, -0.05) is 25.5 Å². The van der Waals surface area contributed by atoms with Gasteiger partial charge in [0.05, 0.1) is 0 Å². The van der Waals surface area contributed by atoms with Crippen LogP contribution in [-0.2, 0) is 10.2 Å². The first-order chi connectivity index (χ1) is 8.60. The van der Waals surface area contributed by atoms with Crippen LogP contribution in [0.5, 0.6) is 0 Å². The zero-order valence-electron chi connectivity index (χ0n) is 11.4. The molecule has 1 aliphatic heterocycles. The van der Waals surface area contributed by atoms with Crippen LogP contribution in [0.15, 0.2) is 11.6 Å². The van der Waals surface area contributed by atoms with Crippen LogP contribution >= 0.6 is 0 Å². The summed E-state index contributed by atoms with van der Waals surface area (Å²) in [6, 6.07) is 0. The molecule has 0 aromatic carbocycles. The Morgan fingerprint density at radius 3 is 2.50 bits per heavy atom. The molecule has 0 atom stereocenters. The first-order valence-electron chi connectivity index (χ1n) is 6.73. The Labute approximate surface area is 111 Å². The van der Waals surface area contributed by atoms with Crippen molar-refractivity contribution in [3.8, 4) is 0 Å². The second-order valence-corrected chi connectivity index (χ2v) is 6.30. The van der Waals surface area contributed by atoms with Crippen LogP contribution in [0.3, 0.4) is 0 Å². The molecule has 0 saturated carbocycles. The largest absolute Gasteiger partial charge is 0.313 e. The van der Waals surface area contributed by atoms with Gasteiger partial charge in [0.2, 0.25) is 0 Å². The van der Waals surface area contributed by atoms with E-state index in [4.69, 9.17) is 0 Å². The van der Waals surface area contributed by atoms with E-state index in [1.54, 1.807) is 0 Å². The van der Waals surface area contributed by atoms with Gasteiger partial charge in [0, 0.05) is 26.2 Å². The highest BCUT2D eigenvalue weighted by molar-refractivity contribution is 7.87. The monoisotopic (exact) mass is 275 g/mol. The van der Waals surface area contributed by atoms with E-state index in [0.29, 0.717) is 19.6 Å². The van der Waals surface area contributed by atoms with Crippen LogP contribution in [0.25, 0.3) is 0 Å². The van der Waals surface area contributed by atoms with Gasteiger partial charge in [-0.05, 0) is 25.8 Å². The minimum absolute atomic E-state index is 0.438. The average molecular weight is 275 g/mol. The zero-order chi connectivity index (χ0) is 13.4. The molecular formula is C12H25N3O2S. The fraction of sp³-hybridized carbons (Fsp3) is 0.833. The molecule has 1 heterocycles. The molecule has 0 aliphatic carbocycles. The fourth-order valence-electron chi connectivity index (χ4n) is 1.96. The average Bonchev–Trinajstić information content (AvgIpc) is 2.37. The number of rotatable bonds is 8. The number of nitrogens with one attached hydrogen (secondary N) is 2. The van der Waals surface area contributed by atoms with Crippen molar-refractivity contribution < 1.29 is 8.42 Å². The van der Waals surface area contributed by atoms with Crippen LogP contribution in [-0.4, -0.2) is 45.4 Å². The maximum Gasteiger partial charge on any atom is 0.279 e. The normalized spacial score (nSPS) is 16.9. The highest BCUT2D eigenvalue weighted by Gasteiger charge is 2.20. The molecular weight excluding hydrogens is 250 g/mol. The molecule has 1 rings (SSSR count). The molecule has 0 aromatic heterocycles. The van der Waals surface area contributed by atoms with Crippen molar-refractivity contribution in [2.45, 2.75) is 33.1 Å². The molecule has 6 heteroatoms. The van der Waals surface area contributed by atoms with Gasteiger partial charge in [0.15, 0.2) is 0 Å². The fourth-order valence-corrected chi connectivity index (χ4v) is 3.35. The lowest BCUT2D eigenvalue weighted by atomic mass is 10.1. The summed E-state index contributed by atoms with van der Waals surface area (Å²) in [7, 11) is -3.32. The van der Waals surface area contributed by atoms with Gasteiger partial charge >= 0.3 is 0 Å². The summed E-state index contributed by atoms with van der Waals surface area (Å²) in [5, 5.41) is 3.21. The molecule has 106 valence electrons. The summed E-state index contributed by atoms with van der Waals surface area (Å²) in [5.41, 5.74) is 1.17. The van der Waals surface area contributed by atoms with Crippen molar-refractivity contribution in [2.75, 3.05) is 32.7 Å². The molecule has 0 aromatic rings. The van der Waals surface area contributed by atoms with Crippen molar-refractivity contribution in [1.29, 1.82) is 0 Å². The minimum Gasteiger partial charge on any atom is -0.313 e. The van der Waals surface area contributed by atoms with E-state index in [-0.39, 0.29) is 0 Å². The van der Waals surface area contributed by atoms with Gasteiger partial charge in [0.25, 0.3) is 10.2 Å². The van der Waals surface area contributed by atoms with E-state index in [2.05, 4.69) is 16.1 Å². The van der Waals surface area contributed by atoms with Crippen LogP contribution < -0.4 is 10.0 Å². The van der Waals surface area contributed by atoms with Gasteiger partial charge in [-0.15, -0.1) is 0 Å². The van der Waals surface area contributed by atoms with Gasteiger partial charge in [-0.2, -0.15) is 17.4 Å². The van der Waals surface area contributed by atoms with Crippen LogP contribution in [0, 0.1) is 0 Å². The summed E-state index contributed by atoms with van der Waals surface area (Å²) in [4.78, 5) is 0. The second kappa shape index (κ2) is 7.89. The summed E-state index contributed by atoms with van der Waals surface area (Å²) in [6.07, 6.45) is 4.67. The van der Waals surface area contributed by atoms with Crippen molar-refractivity contribution in [3.63, 3.8) is 0 Å². The lowest BCUT2D eigenvalue weighted by Gasteiger charge is -2.22. The van der Waals surface area contributed by atoms with Crippen LogP contribution in [0.2, 0.25) is 0 Å². The summed E-state index contributed by atoms with van der Waals surface area (Å²) in [6.45, 7) is 7.37. The van der Waals surface area contributed by atoms with E-state index < -0.39 is 10.2 Å². The molecule has 1 aliphatic rings. The molecule has 0 fully saturated rings. The highest BCUT2D eigenvalue weighted by atomic mass is 32.2. The smallest absolute Gasteiger partial charge is 0.279 e. The maximum atomic E-state index is 12.1. The van der Waals surface area contributed by atoms with E-state index in [9.17, 15) is 8.42 Å².